The number of hydrogen-bond donors (Lipinski definition) is 4. The standard InChI is InChI=1S/C52H60ClF3N4O8S3/c1-59(31-12-5-3-2-4-9-17-49(61)62)32-30-41(36-69-43-13-7-6-8-14-43)57-47-27-26-44(35-48(47)70(65,66)52(54,55)56)71(67,68)58-51(64)39-20-24-42(25-21-39)60-33-28-38(29-34-60)50(63)46-16-11-10-15-45(46)37-18-22-40(53)23-19-37/h6-8,10-11,13-16,18-27,35,38,41,50,57,63H,2-5,9,12,17,28-34,36H2,1H3,(H,58,64)(H,61,62)/t41-,50-/m1/s1. The molecule has 0 aliphatic carbocycles. The highest BCUT2D eigenvalue weighted by Crippen LogP contribution is 2.39. The molecule has 1 aliphatic heterocycles. The van der Waals surface area contributed by atoms with E-state index >= 15 is 0 Å². The van der Waals surface area contributed by atoms with Crippen LogP contribution in [0.5, 0.6) is 0 Å². The number of carboxylic acids is 1. The van der Waals surface area contributed by atoms with E-state index in [1.807, 2.05) is 90.6 Å². The second-order valence-electron chi connectivity index (χ2n) is 17.8. The summed E-state index contributed by atoms with van der Waals surface area (Å²) in [4.78, 5) is 27.0. The van der Waals surface area contributed by atoms with Crippen LogP contribution in [-0.2, 0) is 24.7 Å². The van der Waals surface area contributed by atoms with E-state index < -0.39 is 64.9 Å². The first-order chi connectivity index (χ1) is 33.8. The third-order valence-corrected chi connectivity index (χ3v) is 16.9. The summed E-state index contributed by atoms with van der Waals surface area (Å²) in [5.74, 6) is -1.57. The molecule has 5 aromatic carbocycles. The van der Waals surface area contributed by atoms with Gasteiger partial charge in [0.15, 0.2) is 0 Å². The number of aliphatic carboxylic acids is 1. The Balaban J connectivity index is 1.10. The van der Waals surface area contributed by atoms with E-state index in [0.29, 0.717) is 62.2 Å². The quantitative estimate of drug-likeness (QED) is 0.0322. The third-order valence-electron chi connectivity index (χ3n) is 12.6. The highest BCUT2D eigenvalue weighted by molar-refractivity contribution is 7.99. The van der Waals surface area contributed by atoms with Crippen LogP contribution in [0.15, 0.2) is 136 Å². The third kappa shape index (κ3) is 15.7. The lowest BCUT2D eigenvalue weighted by Crippen LogP contribution is -2.36. The van der Waals surface area contributed by atoms with Crippen LogP contribution >= 0.6 is 23.4 Å². The molecular formula is C52H60ClF3N4O8S3. The molecular weight excluding hydrogens is 997 g/mol. The van der Waals surface area contributed by atoms with Gasteiger partial charge in [0.25, 0.3) is 25.8 Å². The van der Waals surface area contributed by atoms with Crippen LogP contribution in [-0.4, -0.2) is 94.4 Å². The number of carbonyl (C=O) groups excluding carboxylic acids is 1. The van der Waals surface area contributed by atoms with Crippen LogP contribution in [0.1, 0.15) is 86.2 Å². The fourth-order valence-electron chi connectivity index (χ4n) is 8.56. The van der Waals surface area contributed by atoms with Crippen molar-refractivity contribution in [1.82, 2.24) is 9.62 Å². The van der Waals surface area contributed by atoms with Gasteiger partial charge in [0.2, 0.25) is 0 Å². The number of nitrogens with zero attached hydrogens (tertiary/aromatic N) is 2. The lowest BCUT2D eigenvalue weighted by molar-refractivity contribution is -0.137. The highest BCUT2D eigenvalue weighted by Gasteiger charge is 2.48. The van der Waals surface area contributed by atoms with Gasteiger partial charge in [-0.1, -0.05) is 91.9 Å². The van der Waals surface area contributed by atoms with Gasteiger partial charge in [-0.2, -0.15) is 13.2 Å². The summed E-state index contributed by atoms with van der Waals surface area (Å²) < 4.78 is 98.2. The van der Waals surface area contributed by atoms with Crippen LogP contribution in [0, 0.1) is 5.92 Å². The molecule has 0 saturated carbocycles. The average molecular weight is 1060 g/mol. The maximum absolute atomic E-state index is 14.3. The number of anilines is 2. The molecule has 2 atom stereocenters. The van der Waals surface area contributed by atoms with Crippen molar-refractivity contribution in [3.63, 3.8) is 0 Å². The zero-order valence-corrected chi connectivity index (χ0v) is 42.6. The number of thioether (sulfide) groups is 1. The van der Waals surface area contributed by atoms with Gasteiger partial charge in [0.05, 0.1) is 16.7 Å². The highest BCUT2D eigenvalue weighted by atomic mass is 35.5. The number of rotatable bonds is 25. The second kappa shape index (κ2) is 25.5. The SMILES string of the molecule is CN(CCCCCCCCC(=O)O)CC[C@H](CSc1ccccc1)Nc1ccc(S(=O)(=O)NC(=O)c2ccc(N3CCC([C@@H](O)c4ccccc4-c4ccc(Cl)cc4)CC3)cc2)cc1S(=O)(=O)C(F)(F)F. The summed E-state index contributed by atoms with van der Waals surface area (Å²) in [5.41, 5.74) is -2.82. The largest absolute Gasteiger partial charge is 0.501 e. The molecule has 0 spiro atoms. The normalized spacial score (nSPS) is 14.5. The number of aliphatic hydroxyl groups is 1. The maximum atomic E-state index is 14.3. The first-order valence-electron chi connectivity index (χ1n) is 23.6. The van der Waals surface area contributed by atoms with Crippen LogP contribution in [0.2, 0.25) is 5.02 Å². The molecule has 5 aromatic rings. The molecule has 12 nitrogen and oxygen atoms in total. The Morgan fingerprint density at radius 1 is 0.817 bits per heavy atom. The number of aliphatic hydroxyl groups excluding tert-OH is 1. The maximum Gasteiger partial charge on any atom is 0.501 e. The van der Waals surface area contributed by atoms with Gasteiger partial charge >= 0.3 is 11.5 Å². The number of alkyl halides is 3. The molecule has 0 aromatic heterocycles. The van der Waals surface area contributed by atoms with Crippen LogP contribution in [0.3, 0.4) is 0 Å². The summed E-state index contributed by atoms with van der Waals surface area (Å²) in [6.45, 7) is 2.45. The van der Waals surface area contributed by atoms with Gasteiger partial charge in [-0.3, -0.25) is 9.59 Å². The molecule has 0 bridgehead atoms. The minimum Gasteiger partial charge on any atom is -0.481 e. The smallest absolute Gasteiger partial charge is 0.481 e. The first kappa shape index (κ1) is 55.2. The Labute approximate surface area is 424 Å². The van der Waals surface area contributed by atoms with E-state index in [4.69, 9.17) is 16.7 Å². The number of carbonyl (C=O) groups is 2. The number of unbranched alkanes of at least 4 members (excludes halogenated alkanes) is 5. The van der Waals surface area contributed by atoms with Crippen molar-refractivity contribution in [2.75, 3.05) is 49.2 Å². The zero-order chi connectivity index (χ0) is 51.2. The molecule has 4 N–H and O–H groups in total. The molecule has 0 radical (unpaired) electrons. The fourth-order valence-corrected chi connectivity index (χ4v) is 11.7. The summed E-state index contributed by atoms with van der Waals surface area (Å²) in [5, 5.41) is 24.0. The van der Waals surface area contributed by atoms with Gasteiger partial charge < -0.3 is 25.3 Å². The predicted octanol–water partition coefficient (Wildman–Crippen LogP) is 11.1. The average Bonchev–Trinajstić information content (AvgIpc) is 3.35. The molecule has 0 unspecified atom stereocenters. The molecule has 1 fully saturated rings. The number of amides is 1. The molecule has 1 aliphatic rings. The molecule has 19 heteroatoms. The van der Waals surface area contributed by atoms with Crippen molar-refractivity contribution in [3.05, 3.63) is 137 Å². The van der Waals surface area contributed by atoms with Crippen LogP contribution < -0.4 is 14.9 Å². The Hall–Kier alpha value is -5.11. The summed E-state index contributed by atoms with van der Waals surface area (Å²) in [6, 6.07) is 32.4. The lowest BCUT2D eigenvalue weighted by atomic mass is 9.84. The molecule has 1 amide bonds. The molecule has 1 saturated heterocycles. The van der Waals surface area contributed by atoms with Crippen molar-refractivity contribution in [1.29, 1.82) is 0 Å². The van der Waals surface area contributed by atoms with E-state index in [-0.39, 0.29) is 17.9 Å². The number of halogens is 4. The predicted molar refractivity (Wildman–Crippen MR) is 274 cm³/mol. The Morgan fingerprint density at radius 3 is 2.11 bits per heavy atom. The van der Waals surface area contributed by atoms with E-state index in [2.05, 4.69) is 15.1 Å². The second-order valence-corrected chi connectivity index (χ2v) is 22.9. The summed E-state index contributed by atoms with van der Waals surface area (Å²) >= 11 is 7.53. The van der Waals surface area contributed by atoms with Crippen molar-refractivity contribution in [3.8, 4) is 11.1 Å². The molecule has 382 valence electrons. The fraction of sp³-hybridized carbons (Fsp3) is 0.385. The van der Waals surface area contributed by atoms with Crippen LogP contribution in [0.4, 0.5) is 24.5 Å². The summed E-state index contributed by atoms with van der Waals surface area (Å²) in [6.07, 6.45) is 6.39. The van der Waals surface area contributed by atoms with Gasteiger partial charge in [0, 0.05) is 52.5 Å². The van der Waals surface area contributed by atoms with Crippen molar-refractivity contribution in [2.24, 2.45) is 5.92 Å². The molecule has 71 heavy (non-hydrogen) atoms. The van der Waals surface area contributed by atoms with Crippen LogP contribution in [0.25, 0.3) is 11.1 Å². The van der Waals surface area contributed by atoms with E-state index in [1.165, 1.54) is 23.9 Å². The number of sulfone groups is 1. The minimum absolute atomic E-state index is 0.0269. The van der Waals surface area contributed by atoms with Crippen molar-refractivity contribution < 1.29 is 49.8 Å². The van der Waals surface area contributed by atoms with Crippen molar-refractivity contribution in [2.45, 2.75) is 96.5 Å². The Bertz CT molecular complexity index is 2760. The number of piperidine rings is 1. The Kier molecular flexibility index (Phi) is 19.8. The lowest BCUT2D eigenvalue weighted by Gasteiger charge is -2.36. The van der Waals surface area contributed by atoms with E-state index in [1.54, 1.807) is 12.1 Å². The molecule has 6 rings (SSSR count). The number of nitrogens with one attached hydrogen (secondary N) is 2. The molecule has 1 heterocycles. The zero-order valence-electron chi connectivity index (χ0n) is 39.4. The number of sulfonamides is 1. The van der Waals surface area contributed by atoms with Gasteiger partial charge in [0.1, 0.15) is 4.90 Å². The van der Waals surface area contributed by atoms with Crippen molar-refractivity contribution >= 4 is 66.5 Å². The topological polar surface area (TPSA) is 173 Å². The Morgan fingerprint density at radius 2 is 1.45 bits per heavy atom. The van der Waals surface area contributed by atoms with Gasteiger partial charge in [-0.15, -0.1) is 11.8 Å². The van der Waals surface area contributed by atoms with Gasteiger partial charge in [-0.05, 0) is 142 Å². The number of carboxylic acid groups (broad SMARTS) is 1. The number of hydrogen-bond acceptors (Lipinski definition) is 11. The number of benzene rings is 5. The van der Waals surface area contributed by atoms with E-state index in [0.717, 1.165) is 78.1 Å². The monoisotopic (exact) mass is 1060 g/mol. The van der Waals surface area contributed by atoms with E-state index in [9.17, 15) is 44.7 Å². The van der Waals surface area contributed by atoms with Gasteiger partial charge in [-0.25, -0.2) is 21.6 Å². The minimum atomic E-state index is -6.10. The first-order valence-corrected chi connectivity index (χ1v) is 27.9. The summed E-state index contributed by atoms with van der Waals surface area (Å²) in [7, 11) is -9.08.